The van der Waals surface area contributed by atoms with Crippen LogP contribution in [0.25, 0.3) is 0 Å². The van der Waals surface area contributed by atoms with Gasteiger partial charge >= 0.3 is 0 Å². The largest absolute Gasteiger partial charge is 0.490 e. The first kappa shape index (κ1) is 18.6. The Bertz CT molecular complexity index is 776. The molecule has 0 spiro atoms. The van der Waals surface area contributed by atoms with Gasteiger partial charge in [-0.2, -0.15) is 0 Å². The Labute approximate surface area is 147 Å². The van der Waals surface area contributed by atoms with Crippen LogP contribution < -0.4 is 14.2 Å². The lowest BCUT2D eigenvalue weighted by atomic mass is 10.2. The molecule has 2 rings (SSSR count). The molecule has 2 aromatic carbocycles. The van der Waals surface area contributed by atoms with Crippen LogP contribution in [0.2, 0.25) is 5.02 Å². The Morgan fingerprint density at radius 3 is 2.21 bits per heavy atom. The smallest absolute Gasteiger partial charge is 0.240 e. The molecule has 7 heteroatoms. The summed E-state index contributed by atoms with van der Waals surface area (Å²) in [6.45, 7) is 4.95. The van der Waals surface area contributed by atoms with Gasteiger partial charge in [0.2, 0.25) is 10.0 Å². The summed E-state index contributed by atoms with van der Waals surface area (Å²) < 4.78 is 38.2. The van der Waals surface area contributed by atoms with E-state index in [1.807, 2.05) is 13.8 Å². The molecule has 0 bridgehead atoms. The summed E-state index contributed by atoms with van der Waals surface area (Å²) in [6, 6.07) is 11.4. The zero-order valence-corrected chi connectivity index (χ0v) is 15.2. The van der Waals surface area contributed by atoms with Gasteiger partial charge in [0.1, 0.15) is 0 Å². The third kappa shape index (κ3) is 4.87. The van der Waals surface area contributed by atoms with Crippen LogP contribution in [0.4, 0.5) is 0 Å². The standard InChI is InChI=1S/C17H20ClNO4S/c1-3-22-16-10-5-13(11-17(16)23-4-2)12-19-24(20,21)15-8-6-14(18)7-9-15/h5-11,19H,3-4,12H2,1-2H3. The van der Waals surface area contributed by atoms with Gasteiger partial charge in [-0.05, 0) is 55.8 Å². The van der Waals surface area contributed by atoms with Crippen molar-refractivity contribution in [3.8, 4) is 11.5 Å². The van der Waals surface area contributed by atoms with Crippen molar-refractivity contribution < 1.29 is 17.9 Å². The predicted molar refractivity (Wildman–Crippen MR) is 94.3 cm³/mol. The fraction of sp³-hybridized carbons (Fsp3) is 0.294. The quantitative estimate of drug-likeness (QED) is 0.771. The molecule has 0 saturated heterocycles. The van der Waals surface area contributed by atoms with Crippen molar-refractivity contribution in [3.05, 3.63) is 53.1 Å². The maximum atomic E-state index is 12.3. The minimum Gasteiger partial charge on any atom is -0.490 e. The summed E-state index contributed by atoms with van der Waals surface area (Å²) in [5, 5.41) is 0.488. The maximum Gasteiger partial charge on any atom is 0.240 e. The van der Waals surface area contributed by atoms with Crippen LogP contribution in [0.15, 0.2) is 47.4 Å². The molecular weight excluding hydrogens is 350 g/mol. The van der Waals surface area contributed by atoms with Gasteiger partial charge in [0, 0.05) is 11.6 Å². The predicted octanol–water partition coefficient (Wildman–Crippen LogP) is 3.62. The molecule has 0 aliphatic rings. The molecule has 0 radical (unpaired) electrons. The zero-order valence-electron chi connectivity index (χ0n) is 13.6. The van der Waals surface area contributed by atoms with E-state index in [9.17, 15) is 8.42 Å². The van der Waals surface area contributed by atoms with Crippen molar-refractivity contribution in [1.82, 2.24) is 4.72 Å². The molecule has 130 valence electrons. The lowest BCUT2D eigenvalue weighted by molar-refractivity contribution is 0.287. The lowest BCUT2D eigenvalue weighted by Crippen LogP contribution is -2.23. The first-order valence-corrected chi connectivity index (χ1v) is 9.46. The van der Waals surface area contributed by atoms with E-state index in [2.05, 4.69) is 4.72 Å². The highest BCUT2D eigenvalue weighted by atomic mass is 35.5. The lowest BCUT2D eigenvalue weighted by Gasteiger charge is -2.13. The van der Waals surface area contributed by atoms with Crippen LogP contribution in [0.5, 0.6) is 11.5 Å². The molecule has 0 atom stereocenters. The topological polar surface area (TPSA) is 64.6 Å². The highest BCUT2D eigenvalue weighted by Gasteiger charge is 2.14. The second-order valence-electron chi connectivity index (χ2n) is 4.93. The SMILES string of the molecule is CCOc1ccc(CNS(=O)(=O)c2ccc(Cl)cc2)cc1OCC. The van der Waals surface area contributed by atoms with Crippen molar-refractivity contribution in [2.24, 2.45) is 0 Å². The van der Waals surface area contributed by atoms with E-state index in [4.69, 9.17) is 21.1 Å². The van der Waals surface area contributed by atoms with Gasteiger partial charge in [-0.1, -0.05) is 17.7 Å². The molecular formula is C17H20ClNO4S. The maximum absolute atomic E-state index is 12.3. The van der Waals surface area contributed by atoms with E-state index in [1.54, 1.807) is 30.3 Å². The van der Waals surface area contributed by atoms with Gasteiger partial charge in [0.15, 0.2) is 11.5 Å². The number of hydrogen-bond donors (Lipinski definition) is 1. The number of nitrogens with one attached hydrogen (secondary N) is 1. The summed E-state index contributed by atoms with van der Waals surface area (Å²) in [4.78, 5) is 0.169. The molecule has 24 heavy (non-hydrogen) atoms. The molecule has 2 aromatic rings. The molecule has 1 N–H and O–H groups in total. The van der Waals surface area contributed by atoms with Crippen LogP contribution >= 0.6 is 11.6 Å². The summed E-state index contributed by atoms with van der Waals surface area (Å²) in [5.41, 5.74) is 0.777. The number of sulfonamides is 1. The van der Waals surface area contributed by atoms with Crippen molar-refractivity contribution in [1.29, 1.82) is 0 Å². The van der Waals surface area contributed by atoms with Crippen LogP contribution in [0.3, 0.4) is 0 Å². The number of halogens is 1. The Balaban J connectivity index is 2.13. The van der Waals surface area contributed by atoms with E-state index >= 15 is 0 Å². The van der Waals surface area contributed by atoms with Crippen LogP contribution in [0, 0.1) is 0 Å². The van der Waals surface area contributed by atoms with E-state index in [1.165, 1.54) is 12.1 Å². The molecule has 0 saturated carbocycles. The van der Waals surface area contributed by atoms with Crippen molar-refractivity contribution >= 4 is 21.6 Å². The molecule has 0 aliphatic heterocycles. The van der Waals surface area contributed by atoms with E-state index in [-0.39, 0.29) is 11.4 Å². The van der Waals surface area contributed by atoms with Gasteiger partial charge in [-0.25, -0.2) is 13.1 Å². The number of rotatable bonds is 8. The summed E-state index contributed by atoms with van der Waals surface area (Å²) >= 11 is 5.78. The Morgan fingerprint density at radius 1 is 0.958 bits per heavy atom. The van der Waals surface area contributed by atoms with E-state index in [0.29, 0.717) is 29.7 Å². The summed E-state index contributed by atoms with van der Waals surface area (Å²) in [5.74, 6) is 1.24. The van der Waals surface area contributed by atoms with Crippen LogP contribution in [-0.2, 0) is 16.6 Å². The average molecular weight is 370 g/mol. The molecule has 0 aromatic heterocycles. The number of hydrogen-bond acceptors (Lipinski definition) is 4. The van der Waals surface area contributed by atoms with E-state index < -0.39 is 10.0 Å². The van der Waals surface area contributed by atoms with Gasteiger partial charge < -0.3 is 9.47 Å². The van der Waals surface area contributed by atoms with Crippen molar-refractivity contribution in [2.75, 3.05) is 13.2 Å². The molecule has 0 fully saturated rings. The first-order chi connectivity index (χ1) is 11.5. The second-order valence-corrected chi connectivity index (χ2v) is 7.13. The molecule has 0 amide bonds. The Kier molecular flexibility index (Phi) is 6.48. The van der Waals surface area contributed by atoms with Gasteiger partial charge in [0.25, 0.3) is 0 Å². The van der Waals surface area contributed by atoms with Crippen molar-refractivity contribution in [3.63, 3.8) is 0 Å². The minimum absolute atomic E-state index is 0.150. The average Bonchev–Trinajstić information content (AvgIpc) is 2.56. The minimum atomic E-state index is -3.60. The normalized spacial score (nSPS) is 11.3. The number of ether oxygens (including phenoxy) is 2. The third-order valence-electron chi connectivity index (χ3n) is 3.20. The molecule has 0 aliphatic carbocycles. The summed E-state index contributed by atoms with van der Waals surface area (Å²) in [6.07, 6.45) is 0. The Hall–Kier alpha value is -1.76. The monoisotopic (exact) mass is 369 g/mol. The van der Waals surface area contributed by atoms with E-state index in [0.717, 1.165) is 5.56 Å². The van der Waals surface area contributed by atoms with Crippen LogP contribution in [-0.4, -0.2) is 21.6 Å². The van der Waals surface area contributed by atoms with Gasteiger partial charge in [-0.3, -0.25) is 0 Å². The molecule has 0 unspecified atom stereocenters. The molecule has 0 heterocycles. The fourth-order valence-corrected chi connectivity index (χ4v) is 3.22. The first-order valence-electron chi connectivity index (χ1n) is 7.60. The Morgan fingerprint density at radius 2 is 1.58 bits per heavy atom. The number of benzene rings is 2. The van der Waals surface area contributed by atoms with Gasteiger partial charge in [0.05, 0.1) is 18.1 Å². The summed E-state index contributed by atoms with van der Waals surface area (Å²) in [7, 11) is -3.60. The third-order valence-corrected chi connectivity index (χ3v) is 4.87. The van der Waals surface area contributed by atoms with Gasteiger partial charge in [-0.15, -0.1) is 0 Å². The zero-order chi connectivity index (χ0) is 17.6. The van der Waals surface area contributed by atoms with Crippen molar-refractivity contribution in [2.45, 2.75) is 25.3 Å². The highest BCUT2D eigenvalue weighted by molar-refractivity contribution is 7.89. The second kappa shape index (κ2) is 8.37. The highest BCUT2D eigenvalue weighted by Crippen LogP contribution is 2.28. The fourth-order valence-electron chi connectivity index (χ4n) is 2.08. The van der Waals surface area contributed by atoms with Crippen LogP contribution in [0.1, 0.15) is 19.4 Å². The molecule has 5 nitrogen and oxygen atoms in total.